The normalized spacial score (nSPS) is 19.0. The lowest BCUT2D eigenvalue weighted by molar-refractivity contribution is -0.0329. The lowest BCUT2D eigenvalue weighted by atomic mass is 10.1. The summed E-state index contributed by atoms with van der Waals surface area (Å²) in [7, 11) is -3.22. The van der Waals surface area contributed by atoms with E-state index in [9.17, 15) is 8.42 Å². The van der Waals surface area contributed by atoms with Crippen molar-refractivity contribution >= 4 is 34.0 Å². The van der Waals surface area contributed by atoms with Gasteiger partial charge in [0.25, 0.3) is 0 Å². The van der Waals surface area contributed by atoms with Gasteiger partial charge in [-0.3, -0.25) is 4.90 Å². The Bertz CT molecular complexity index is 858. The van der Waals surface area contributed by atoms with Crippen molar-refractivity contribution in [3.05, 3.63) is 70.2 Å². The molecule has 2 atom stereocenters. The maximum absolute atomic E-state index is 11.4. The fourth-order valence-corrected chi connectivity index (χ4v) is 4.19. The fraction of sp³-hybridized carbons (Fsp3) is 0.400. The zero-order valence-electron chi connectivity index (χ0n) is 16.0. The summed E-state index contributed by atoms with van der Waals surface area (Å²) in [6.45, 7) is 5.09. The molecule has 1 saturated heterocycles. The van der Waals surface area contributed by atoms with E-state index in [1.807, 2.05) is 43.3 Å². The van der Waals surface area contributed by atoms with Crippen LogP contribution in [0.2, 0.25) is 5.02 Å². The number of sulfonamides is 1. The second-order valence-electron chi connectivity index (χ2n) is 7.00. The number of hydrogen-bond donors (Lipinski definition) is 1. The molecule has 1 N–H and O–H groups in total. The summed E-state index contributed by atoms with van der Waals surface area (Å²) in [5, 5.41) is 0.728. The Morgan fingerprint density at radius 3 is 2.43 bits per heavy atom. The van der Waals surface area contributed by atoms with E-state index >= 15 is 0 Å². The Labute approximate surface area is 178 Å². The third-order valence-electron chi connectivity index (χ3n) is 4.67. The van der Waals surface area contributed by atoms with Gasteiger partial charge in [-0.1, -0.05) is 48.0 Å². The van der Waals surface area contributed by atoms with E-state index in [0.29, 0.717) is 6.61 Å². The van der Waals surface area contributed by atoms with Crippen LogP contribution in [0.5, 0.6) is 0 Å². The second kappa shape index (κ2) is 10.1. The Kier molecular flexibility index (Phi) is 8.30. The van der Waals surface area contributed by atoms with Crippen molar-refractivity contribution in [1.82, 2.24) is 9.62 Å². The van der Waals surface area contributed by atoms with E-state index in [0.717, 1.165) is 35.8 Å². The predicted octanol–water partition coefficient (Wildman–Crippen LogP) is 3.95. The number of benzene rings is 2. The molecule has 0 saturated carbocycles. The van der Waals surface area contributed by atoms with Gasteiger partial charge in [0, 0.05) is 30.7 Å². The van der Waals surface area contributed by atoms with Crippen LogP contribution in [0.1, 0.15) is 35.8 Å². The molecule has 8 heteroatoms. The average Bonchev–Trinajstić information content (AvgIpc) is 2.62. The van der Waals surface area contributed by atoms with Crippen LogP contribution in [-0.4, -0.2) is 39.3 Å². The predicted molar refractivity (Wildman–Crippen MR) is 116 cm³/mol. The third-order valence-corrected chi connectivity index (χ3v) is 5.70. The Morgan fingerprint density at radius 1 is 1.18 bits per heavy atom. The molecule has 2 aromatic carbocycles. The summed E-state index contributed by atoms with van der Waals surface area (Å²) in [4.78, 5) is 2.37. The number of halogens is 2. The van der Waals surface area contributed by atoms with Crippen molar-refractivity contribution in [2.75, 3.05) is 26.0 Å². The van der Waals surface area contributed by atoms with E-state index in [1.165, 1.54) is 11.8 Å². The van der Waals surface area contributed by atoms with Crippen molar-refractivity contribution in [3.8, 4) is 0 Å². The number of nitrogens with zero attached hydrogens (tertiary/aromatic N) is 1. The zero-order chi connectivity index (χ0) is 19.4. The monoisotopic (exact) mass is 444 g/mol. The molecular weight excluding hydrogens is 419 g/mol. The van der Waals surface area contributed by atoms with E-state index < -0.39 is 10.0 Å². The van der Waals surface area contributed by atoms with Crippen LogP contribution >= 0.6 is 24.0 Å². The first-order valence-corrected chi connectivity index (χ1v) is 11.2. The van der Waals surface area contributed by atoms with Gasteiger partial charge in [0.2, 0.25) is 10.0 Å². The van der Waals surface area contributed by atoms with Crippen LogP contribution < -0.4 is 4.72 Å². The van der Waals surface area contributed by atoms with E-state index in [4.69, 9.17) is 16.3 Å². The summed E-state index contributed by atoms with van der Waals surface area (Å²) >= 11 is 5.97. The van der Waals surface area contributed by atoms with Crippen molar-refractivity contribution in [2.45, 2.75) is 25.6 Å². The number of rotatable bonds is 6. The quantitative estimate of drug-likeness (QED) is 0.732. The minimum atomic E-state index is -3.22. The molecule has 154 valence electrons. The van der Waals surface area contributed by atoms with Crippen LogP contribution in [0.25, 0.3) is 0 Å². The molecule has 0 aromatic heterocycles. The van der Waals surface area contributed by atoms with E-state index in [1.54, 1.807) is 0 Å². The molecule has 3 rings (SSSR count). The van der Waals surface area contributed by atoms with Crippen LogP contribution in [0.15, 0.2) is 48.5 Å². The first-order chi connectivity index (χ1) is 12.8. The number of nitrogens with one attached hydrogen (secondary N) is 1. The zero-order valence-corrected chi connectivity index (χ0v) is 18.4. The van der Waals surface area contributed by atoms with Crippen molar-refractivity contribution in [3.63, 3.8) is 0 Å². The summed E-state index contributed by atoms with van der Waals surface area (Å²) in [6.07, 6.45) is 1.22. The Hall–Kier alpha value is -1.15. The molecule has 0 bridgehead atoms. The molecule has 0 amide bonds. The molecule has 1 aliphatic heterocycles. The highest BCUT2D eigenvalue weighted by molar-refractivity contribution is 7.88. The summed E-state index contributed by atoms with van der Waals surface area (Å²) in [6, 6.07) is 15.7. The number of morpholine rings is 1. The van der Waals surface area contributed by atoms with Gasteiger partial charge in [-0.05, 0) is 35.7 Å². The number of ether oxygens (including phenoxy) is 1. The van der Waals surface area contributed by atoms with Crippen LogP contribution in [-0.2, 0) is 21.3 Å². The Morgan fingerprint density at radius 2 is 1.82 bits per heavy atom. The van der Waals surface area contributed by atoms with Crippen molar-refractivity contribution in [2.24, 2.45) is 0 Å². The topological polar surface area (TPSA) is 58.6 Å². The fourth-order valence-electron chi connectivity index (χ4n) is 3.28. The van der Waals surface area contributed by atoms with Crippen molar-refractivity contribution < 1.29 is 13.2 Å². The van der Waals surface area contributed by atoms with E-state index in [2.05, 4.69) is 21.8 Å². The highest BCUT2D eigenvalue weighted by atomic mass is 35.5. The second-order valence-corrected chi connectivity index (χ2v) is 9.22. The average molecular weight is 445 g/mol. The number of hydrogen-bond acceptors (Lipinski definition) is 4. The van der Waals surface area contributed by atoms with E-state index in [-0.39, 0.29) is 24.6 Å². The largest absolute Gasteiger partial charge is 0.371 e. The SMILES string of the molecule is C[C@@H](NS(C)(=O)=O)c1ccc(CN2CCOC(c3ccc(Cl)cc3)C2)cc1.Cl. The van der Waals surface area contributed by atoms with Gasteiger partial charge in [-0.25, -0.2) is 13.1 Å². The van der Waals surface area contributed by atoms with Gasteiger partial charge < -0.3 is 4.74 Å². The summed E-state index contributed by atoms with van der Waals surface area (Å²) in [5.41, 5.74) is 3.28. The highest BCUT2D eigenvalue weighted by Crippen LogP contribution is 2.25. The molecule has 1 unspecified atom stereocenters. The minimum Gasteiger partial charge on any atom is -0.371 e. The third kappa shape index (κ3) is 6.72. The molecule has 0 aliphatic carbocycles. The first kappa shape index (κ1) is 23.1. The lowest BCUT2D eigenvalue weighted by Gasteiger charge is -2.33. The van der Waals surface area contributed by atoms with Crippen LogP contribution in [0, 0.1) is 0 Å². The smallest absolute Gasteiger partial charge is 0.209 e. The molecule has 0 spiro atoms. The molecule has 1 heterocycles. The van der Waals surface area contributed by atoms with Gasteiger partial charge in [-0.2, -0.15) is 0 Å². The van der Waals surface area contributed by atoms with Gasteiger partial charge in [-0.15, -0.1) is 12.4 Å². The Balaban J connectivity index is 0.00000280. The first-order valence-electron chi connectivity index (χ1n) is 8.96. The van der Waals surface area contributed by atoms with Gasteiger partial charge in [0.1, 0.15) is 0 Å². The maximum atomic E-state index is 11.4. The molecular formula is C20H26Cl2N2O3S. The van der Waals surface area contributed by atoms with Gasteiger partial charge >= 0.3 is 0 Å². The van der Waals surface area contributed by atoms with Gasteiger partial charge in [0.15, 0.2) is 0 Å². The molecule has 0 radical (unpaired) electrons. The molecule has 5 nitrogen and oxygen atoms in total. The van der Waals surface area contributed by atoms with Crippen LogP contribution in [0.3, 0.4) is 0 Å². The summed E-state index contributed by atoms with van der Waals surface area (Å²) in [5.74, 6) is 0. The van der Waals surface area contributed by atoms with Crippen LogP contribution in [0.4, 0.5) is 0 Å². The molecule has 2 aromatic rings. The molecule has 1 fully saturated rings. The summed E-state index contributed by atoms with van der Waals surface area (Å²) < 4.78 is 31.3. The van der Waals surface area contributed by atoms with Gasteiger partial charge in [0.05, 0.1) is 19.0 Å². The maximum Gasteiger partial charge on any atom is 0.209 e. The highest BCUT2D eigenvalue weighted by Gasteiger charge is 2.22. The molecule has 1 aliphatic rings. The lowest BCUT2D eigenvalue weighted by Crippen LogP contribution is -2.37. The standard InChI is InChI=1S/C20H25ClN2O3S.ClH/c1-15(22-27(2,24)25)17-5-3-16(4-6-17)13-23-11-12-26-20(14-23)18-7-9-19(21)10-8-18;/h3-10,15,20,22H,11-14H2,1-2H3;1H/t15-,20?;/m1./s1. The minimum absolute atomic E-state index is 0. The van der Waals surface area contributed by atoms with Crippen molar-refractivity contribution in [1.29, 1.82) is 0 Å². The molecule has 28 heavy (non-hydrogen) atoms.